The van der Waals surface area contributed by atoms with Crippen molar-refractivity contribution >= 4 is 23.0 Å². The lowest BCUT2D eigenvalue weighted by molar-refractivity contribution is -0.196. The smallest absolute Gasteiger partial charge is 0.303 e. The molecule has 3 aromatic rings. The summed E-state index contributed by atoms with van der Waals surface area (Å²) >= 11 is 0. The van der Waals surface area contributed by atoms with Gasteiger partial charge in [0.25, 0.3) is 0 Å². The molecule has 0 spiro atoms. The number of hydrogen-bond acceptors (Lipinski definition) is 9. The molecule has 1 saturated heterocycles. The van der Waals surface area contributed by atoms with Gasteiger partial charge in [0, 0.05) is 32.0 Å². The average molecular weight is 509 g/mol. The standard InChI is InChI=1S/C27H32N4O6/c1-15-19-10-12-31(23(19)30-14-29-15)24-22(35-16(2)32)27(5,37-17(3)33)25(36-24)26(4,34)21-8-6-7-18-9-11-28-13-20(18)21/h6-8,10,12,14,22,24-25,28,34H,9,11,13H2,1-5H3/t22-,24+,25+,26?,27-/m0/s1. The fraction of sp³-hybridized carbons (Fsp3) is 0.481. The Kier molecular flexibility index (Phi) is 6.29. The minimum atomic E-state index is -1.62. The molecule has 1 unspecified atom stereocenters. The Morgan fingerprint density at radius 3 is 2.76 bits per heavy atom. The fourth-order valence-corrected chi connectivity index (χ4v) is 5.89. The number of rotatable bonds is 5. The van der Waals surface area contributed by atoms with Crippen LogP contribution in [-0.2, 0) is 42.4 Å². The highest BCUT2D eigenvalue weighted by Crippen LogP contribution is 2.50. The number of aromatic nitrogens is 3. The van der Waals surface area contributed by atoms with Crippen molar-refractivity contribution < 1.29 is 28.9 Å². The molecule has 2 aromatic heterocycles. The van der Waals surface area contributed by atoms with E-state index < -0.39 is 41.6 Å². The summed E-state index contributed by atoms with van der Waals surface area (Å²) in [4.78, 5) is 33.4. The lowest BCUT2D eigenvalue weighted by atomic mass is 9.76. The number of hydrogen-bond donors (Lipinski definition) is 2. The molecule has 2 N–H and O–H groups in total. The quantitative estimate of drug-likeness (QED) is 0.500. The van der Waals surface area contributed by atoms with Gasteiger partial charge in [0.05, 0.1) is 5.69 Å². The van der Waals surface area contributed by atoms with E-state index in [1.165, 1.54) is 20.2 Å². The van der Waals surface area contributed by atoms with Crippen LogP contribution in [0.15, 0.2) is 36.8 Å². The first-order chi connectivity index (χ1) is 17.5. The average Bonchev–Trinajstić information content (AvgIpc) is 3.38. The zero-order chi connectivity index (χ0) is 26.5. The van der Waals surface area contributed by atoms with Gasteiger partial charge in [-0.05, 0) is 56.5 Å². The van der Waals surface area contributed by atoms with E-state index in [2.05, 4.69) is 21.4 Å². The summed E-state index contributed by atoms with van der Waals surface area (Å²) in [5.41, 5.74) is 0.987. The third-order valence-corrected chi connectivity index (χ3v) is 7.46. The molecule has 2 aliphatic heterocycles. The topological polar surface area (TPSA) is 125 Å². The van der Waals surface area contributed by atoms with Gasteiger partial charge in [0.2, 0.25) is 0 Å². The van der Waals surface area contributed by atoms with Crippen molar-refractivity contribution in [2.24, 2.45) is 0 Å². The summed E-state index contributed by atoms with van der Waals surface area (Å²) in [5, 5.41) is 16.4. The van der Waals surface area contributed by atoms with Gasteiger partial charge in [-0.15, -0.1) is 0 Å². The molecule has 0 bridgehead atoms. The van der Waals surface area contributed by atoms with Crippen LogP contribution in [0.2, 0.25) is 0 Å². The predicted octanol–water partition coefficient (Wildman–Crippen LogP) is 2.44. The molecule has 5 rings (SSSR count). The molecule has 5 atom stereocenters. The third kappa shape index (κ3) is 4.18. The van der Waals surface area contributed by atoms with Crippen molar-refractivity contribution in [3.8, 4) is 0 Å². The molecular formula is C27H32N4O6. The van der Waals surface area contributed by atoms with Gasteiger partial charge in [0.15, 0.2) is 17.9 Å². The van der Waals surface area contributed by atoms with Crippen LogP contribution >= 0.6 is 0 Å². The van der Waals surface area contributed by atoms with Crippen LogP contribution in [-0.4, -0.2) is 55.9 Å². The molecule has 2 aliphatic rings. The van der Waals surface area contributed by atoms with Crippen LogP contribution in [0.3, 0.4) is 0 Å². The lowest BCUT2D eigenvalue weighted by Crippen LogP contribution is -2.57. The molecule has 0 radical (unpaired) electrons. The van der Waals surface area contributed by atoms with Gasteiger partial charge in [-0.2, -0.15) is 0 Å². The molecule has 10 nitrogen and oxygen atoms in total. The van der Waals surface area contributed by atoms with Gasteiger partial charge in [0.1, 0.15) is 23.7 Å². The van der Waals surface area contributed by atoms with E-state index in [-0.39, 0.29) is 0 Å². The van der Waals surface area contributed by atoms with E-state index in [0.29, 0.717) is 17.8 Å². The summed E-state index contributed by atoms with van der Waals surface area (Å²) < 4.78 is 20.0. The number of aryl methyl sites for hydroxylation is 1. The van der Waals surface area contributed by atoms with Gasteiger partial charge >= 0.3 is 11.9 Å². The van der Waals surface area contributed by atoms with E-state index in [9.17, 15) is 14.7 Å². The van der Waals surface area contributed by atoms with Crippen LogP contribution in [0.4, 0.5) is 0 Å². The van der Waals surface area contributed by atoms with E-state index in [1.54, 1.807) is 24.6 Å². The monoisotopic (exact) mass is 508 g/mol. The first kappa shape index (κ1) is 25.3. The predicted molar refractivity (Wildman–Crippen MR) is 133 cm³/mol. The number of aliphatic hydroxyl groups is 1. The second-order valence-electron chi connectivity index (χ2n) is 10.2. The highest BCUT2D eigenvalue weighted by atomic mass is 16.7. The Morgan fingerprint density at radius 1 is 1.24 bits per heavy atom. The number of esters is 2. The third-order valence-electron chi connectivity index (χ3n) is 7.46. The van der Waals surface area contributed by atoms with Crippen molar-refractivity contribution in [2.45, 2.75) is 77.2 Å². The summed E-state index contributed by atoms with van der Waals surface area (Å²) in [5.74, 6) is -1.15. The van der Waals surface area contributed by atoms with Gasteiger partial charge < -0.3 is 29.2 Å². The van der Waals surface area contributed by atoms with E-state index in [1.807, 2.05) is 25.1 Å². The van der Waals surface area contributed by atoms with Crippen LogP contribution < -0.4 is 5.32 Å². The molecule has 4 heterocycles. The number of fused-ring (bicyclic) bond motifs is 2. The Hall–Kier alpha value is -3.34. The van der Waals surface area contributed by atoms with Gasteiger partial charge in [-0.25, -0.2) is 9.97 Å². The Balaban J connectivity index is 1.67. The first-order valence-corrected chi connectivity index (χ1v) is 12.4. The zero-order valence-corrected chi connectivity index (χ0v) is 21.6. The van der Waals surface area contributed by atoms with E-state index in [4.69, 9.17) is 14.2 Å². The maximum atomic E-state index is 12.4. The fourth-order valence-electron chi connectivity index (χ4n) is 5.89. The SMILES string of the molecule is CC(=O)O[C@H]1[C@H](n2ccc3c(C)ncnc32)O[C@H](C(C)(O)c2cccc3c2CNCC3)[C@@]1(C)OC(C)=O. The highest BCUT2D eigenvalue weighted by Gasteiger charge is 2.65. The largest absolute Gasteiger partial charge is 0.453 e. The molecule has 1 fully saturated rings. The minimum Gasteiger partial charge on any atom is -0.453 e. The number of nitrogens with zero attached hydrogens (tertiary/aromatic N) is 3. The second-order valence-corrected chi connectivity index (χ2v) is 10.2. The summed E-state index contributed by atoms with van der Waals surface area (Å²) in [6.07, 6.45) is 0.952. The zero-order valence-electron chi connectivity index (χ0n) is 21.6. The molecule has 0 aliphatic carbocycles. The van der Waals surface area contributed by atoms with Crippen LogP contribution in [0.25, 0.3) is 11.0 Å². The number of benzene rings is 1. The van der Waals surface area contributed by atoms with E-state index in [0.717, 1.165) is 35.2 Å². The van der Waals surface area contributed by atoms with Crippen LogP contribution in [0, 0.1) is 6.92 Å². The first-order valence-electron chi connectivity index (χ1n) is 12.4. The van der Waals surface area contributed by atoms with Gasteiger partial charge in [-0.1, -0.05) is 18.2 Å². The number of carbonyl (C=O) groups is 2. The van der Waals surface area contributed by atoms with Crippen molar-refractivity contribution in [1.29, 1.82) is 0 Å². The van der Waals surface area contributed by atoms with Crippen LogP contribution in [0.5, 0.6) is 0 Å². The van der Waals surface area contributed by atoms with Crippen molar-refractivity contribution in [3.63, 3.8) is 0 Å². The Labute approximate surface area is 214 Å². The number of carbonyl (C=O) groups excluding carboxylic acids is 2. The molecule has 1 aromatic carbocycles. The highest BCUT2D eigenvalue weighted by molar-refractivity contribution is 5.78. The Bertz CT molecular complexity index is 1370. The second kappa shape index (κ2) is 9.20. The van der Waals surface area contributed by atoms with Crippen molar-refractivity contribution in [2.75, 3.05) is 6.54 Å². The number of ether oxygens (including phenoxy) is 3. The molecule has 0 amide bonds. The lowest BCUT2D eigenvalue weighted by Gasteiger charge is -2.41. The van der Waals surface area contributed by atoms with Gasteiger partial charge in [-0.3, -0.25) is 9.59 Å². The Morgan fingerprint density at radius 2 is 2.03 bits per heavy atom. The van der Waals surface area contributed by atoms with Crippen molar-refractivity contribution in [1.82, 2.24) is 19.9 Å². The summed E-state index contributed by atoms with van der Waals surface area (Å²) in [6, 6.07) is 7.67. The number of nitrogens with one attached hydrogen (secondary N) is 1. The van der Waals surface area contributed by atoms with E-state index >= 15 is 0 Å². The summed E-state index contributed by atoms with van der Waals surface area (Å²) in [7, 11) is 0. The molecule has 0 saturated carbocycles. The maximum absolute atomic E-state index is 12.4. The molecule has 10 heteroatoms. The molecule has 196 valence electrons. The summed E-state index contributed by atoms with van der Waals surface area (Å²) in [6.45, 7) is 9.17. The molecular weight excluding hydrogens is 476 g/mol. The normalized spacial score (nSPS) is 26.9. The maximum Gasteiger partial charge on any atom is 0.303 e. The van der Waals surface area contributed by atoms with Crippen LogP contribution in [0.1, 0.15) is 56.3 Å². The minimum absolute atomic E-state index is 0.569. The molecule has 37 heavy (non-hydrogen) atoms. The van der Waals surface area contributed by atoms with Crippen molar-refractivity contribution in [3.05, 3.63) is 59.2 Å².